The molecule has 0 atom stereocenters. The Bertz CT molecular complexity index is 652. The first-order chi connectivity index (χ1) is 10.8. The van der Waals surface area contributed by atoms with Gasteiger partial charge in [0.05, 0.1) is 0 Å². The molecular formula is C20H26O3. The number of carbonyl (C=O) groups is 3. The van der Waals surface area contributed by atoms with E-state index in [1.54, 1.807) is 0 Å². The van der Waals surface area contributed by atoms with Crippen LogP contribution >= 0.6 is 0 Å². The van der Waals surface area contributed by atoms with Gasteiger partial charge in [-0.1, -0.05) is 13.0 Å². The zero-order valence-electron chi connectivity index (χ0n) is 14.8. The summed E-state index contributed by atoms with van der Waals surface area (Å²) in [5.74, 6) is -1.67. The summed E-state index contributed by atoms with van der Waals surface area (Å²) in [5, 5.41) is 0. The van der Waals surface area contributed by atoms with Gasteiger partial charge in [0, 0.05) is 19.3 Å². The van der Waals surface area contributed by atoms with E-state index >= 15 is 0 Å². The van der Waals surface area contributed by atoms with Crippen molar-refractivity contribution in [2.75, 3.05) is 0 Å². The van der Waals surface area contributed by atoms with Crippen LogP contribution in [-0.4, -0.2) is 17.3 Å². The Morgan fingerprint density at radius 3 is 2.09 bits per heavy atom. The molecule has 0 bridgehead atoms. The molecule has 1 fully saturated rings. The van der Waals surface area contributed by atoms with Crippen LogP contribution in [0.5, 0.6) is 0 Å². The molecule has 1 aliphatic carbocycles. The second-order valence-electron chi connectivity index (χ2n) is 6.86. The van der Waals surface area contributed by atoms with Gasteiger partial charge in [-0.25, -0.2) is 0 Å². The minimum absolute atomic E-state index is 0.0834. The number of Topliss-reactive ketones (excluding diaryl/α,β-unsaturated/α-hetero) is 3. The van der Waals surface area contributed by atoms with E-state index in [2.05, 4.69) is 26.8 Å². The van der Waals surface area contributed by atoms with Crippen molar-refractivity contribution in [1.29, 1.82) is 0 Å². The lowest BCUT2D eigenvalue weighted by molar-refractivity contribution is -0.142. The van der Waals surface area contributed by atoms with Crippen molar-refractivity contribution in [2.24, 2.45) is 5.92 Å². The van der Waals surface area contributed by atoms with Gasteiger partial charge in [-0.3, -0.25) is 14.4 Å². The monoisotopic (exact) mass is 314 g/mol. The summed E-state index contributed by atoms with van der Waals surface area (Å²) in [6.07, 6.45) is 1.59. The number of hydrogen-bond acceptors (Lipinski definition) is 3. The van der Waals surface area contributed by atoms with E-state index in [4.69, 9.17) is 0 Å². The van der Waals surface area contributed by atoms with Gasteiger partial charge in [-0.15, -0.1) is 0 Å². The zero-order chi connectivity index (χ0) is 17.3. The Morgan fingerprint density at radius 2 is 1.57 bits per heavy atom. The summed E-state index contributed by atoms with van der Waals surface area (Å²) >= 11 is 0. The maximum atomic E-state index is 12.4. The Kier molecular flexibility index (Phi) is 5.18. The summed E-state index contributed by atoms with van der Waals surface area (Å²) in [6.45, 7) is 10.1. The second-order valence-corrected chi connectivity index (χ2v) is 6.86. The van der Waals surface area contributed by atoms with Crippen LogP contribution in [0.4, 0.5) is 0 Å². The number of hydrogen-bond donors (Lipinski definition) is 0. The van der Waals surface area contributed by atoms with E-state index in [1.807, 2.05) is 13.8 Å². The average Bonchev–Trinajstić information content (AvgIpc) is 2.44. The van der Waals surface area contributed by atoms with Crippen LogP contribution in [0.1, 0.15) is 66.3 Å². The molecule has 23 heavy (non-hydrogen) atoms. The minimum Gasteiger partial charge on any atom is -0.298 e. The molecule has 0 unspecified atom stereocenters. The number of ketones is 3. The van der Waals surface area contributed by atoms with E-state index in [0.29, 0.717) is 25.7 Å². The highest BCUT2D eigenvalue weighted by Gasteiger charge is 2.40. The Morgan fingerprint density at radius 1 is 1.00 bits per heavy atom. The van der Waals surface area contributed by atoms with E-state index in [-0.39, 0.29) is 23.3 Å². The van der Waals surface area contributed by atoms with E-state index in [1.165, 1.54) is 16.7 Å². The van der Waals surface area contributed by atoms with Crippen molar-refractivity contribution in [3.8, 4) is 0 Å². The summed E-state index contributed by atoms with van der Waals surface area (Å²) in [6, 6.07) is 2.13. The predicted octanol–water partition coefficient (Wildman–Crippen LogP) is 3.92. The first-order valence-electron chi connectivity index (χ1n) is 8.43. The molecule has 0 aliphatic heterocycles. The molecule has 1 aromatic rings. The van der Waals surface area contributed by atoms with E-state index in [0.717, 1.165) is 11.1 Å². The molecule has 1 aliphatic rings. The van der Waals surface area contributed by atoms with Gasteiger partial charge in [0.1, 0.15) is 5.92 Å². The quantitative estimate of drug-likeness (QED) is 0.791. The van der Waals surface area contributed by atoms with Gasteiger partial charge >= 0.3 is 0 Å². The van der Waals surface area contributed by atoms with E-state index in [9.17, 15) is 14.4 Å². The number of carbonyl (C=O) groups excluding carboxylic acids is 3. The molecule has 0 heterocycles. The third-order valence-electron chi connectivity index (χ3n) is 5.18. The summed E-state index contributed by atoms with van der Waals surface area (Å²) in [5.41, 5.74) is 5.88. The molecule has 1 saturated carbocycles. The van der Waals surface area contributed by atoms with Crippen LogP contribution in [-0.2, 0) is 14.4 Å². The number of aryl methyl sites for hydroxylation is 2. The molecule has 0 saturated heterocycles. The number of benzene rings is 1. The Labute approximate surface area is 138 Å². The fourth-order valence-corrected chi connectivity index (χ4v) is 3.86. The SMILES string of the molecule is CCCC(=O)C1C(=O)CC(c2c(C)cc(C)c(C)c2C)CC1=O. The predicted molar refractivity (Wildman–Crippen MR) is 90.8 cm³/mol. The van der Waals surface area contributed by atoms with Crippen molar-refractivity contribution in [1.82, 2.24) is 0 Å². The molecular weight excluding hydrogens is 288 g/mol. The van der Waals surface area contributed by atoms with Crippen LogP contribution in [0.3, 0.4) is 0 Å². The topological polar surface area (TPSA) is 51.2 Å². The first-order valence-corrected chi connectivity index (χ1v) is 8.43. The fraction of sp³-hybridized carbons (Fsp3) is 0.550. The molecule has 1 aromatic carbocycles. The van der Waals surface area contributed by atoms with Crippen molar-refractivity contribution in [3.05, 3.63) is 33.9 Å². The molecule has 3 heteroatoms. The van der Waals surface area contributed by atoms with Gasteiger partial charge in [0.25, 0.3) is 0 Å². The minimum atomic E-state index is -1.00. The standard InChI is InChI=1S/C20H26O3/c1-6-7-16(21)20-17(22)9-15(10-18(20)23)19-12(3)8-11(2)13(4)14(19)5/h8,15,20H,6-7,9-10H2,1-5H3. The number of rotatable bonds is 4. The molecule has 0 aromatic heterocycles. The normalized spacial score (nSPS) is 21.6. The highest BCUT2D eigenvalue weighted by atomic mass is 16.2. The lowest BCUT2D eigenvalue weighted by atomic mass is 9.72. The molecule has 124 valence electrons. The molecule has 3 nitrogen and oxygen atoms in total. The molecule has 0 amide bonds. The summed E-state index contributed by atoms with van der Waals surface area (Å²) in [7, 11) is 0. The van der Waals surface area contributed by atoms with Crippen LogP contribution in [0, 0.1) is 33.6 Å². The van der Waals surface area contributed by atoms with Crippen LogP contribution < -0.4 is 0 Å². The Balaban J connectivity index is 2.33. The third-order valence-corrected chi connectivity index (χ3v) is 5.18. The zero-order valence-corrected chi connectivity index (χ0v) is 14.8. The summed E-state index contributed by atoms with van der Waals surface area (Å²) in [4.78, 5) is 36.9. The maximum Gasteiger partial charge on any atom is 0.151 e. The van der Waals surface area contributed by atoms with Gasteiger partial charge in [-0.05, 0) is 67.9 Å². The lowest BCUT2D eigenvalue weighted by Gasteiger charge is -2.29. The maximum absolute atomic E-state index is 12.4. The van der Waals surface area contributed by atoms with Crippen LogP contribution in [0.2, 0.25) is 0 Å². The smallest absolute Gasteiger partial charge is 0.151 e. The highest BCUT2D eigenvalue weighted by molar-refractivity contribution is 6.21. The second kappa shape index (κ2) is 6.77. The molecule has 2 rings (SSSR count). The fourth-order valence-electron chi connectivity index (χ4n) is 3.86. The van der Waals surface area contributed by atoms with Crippen molar-refractivity contribution < 1.29 is 14.4 Å². The van der Waals surface area contributed by atoms with Gasteiger partial charge in [-0.2, -0.15) is 0 Å². The molecule has 0 spiro atoms. The van der Waals surface area contributed by atoms with Crippen molar-refractivity contribution in [3.63, 3.8) is 0 Å². The average molecular weight is 314 g/mol. The largest absolute Gasteiger partial charge is 0.298 e. The van der Waals surface area contributed by atoms with Crippen molar-refractivity contribution in [2.45, 2.75) is 66.2 Å². The van der Waals surface area contributed by atoms with Gasteiger partial charge in [0.15, 0.2) is 17.3 Å². The van der Waals surface area contributed by atoms with Crippen molar-refractivity contribution >= 4 is 17.3 Å². The lowest BCUT2D eigenvalue weighted by Crippen LogP contribution is -2.38. The Hall–Kier alpha value is -1.77. The third kappa shape index (κ3) is 3.29. The van der Waals surface area contributed by atoms with Crippen LogP contribution in [0.15, 0.2) is 6.07 Å². The highest BCUT2D eigenvalue weighted by Crippen LogP contribution is 2.37. The molecule has 0 radical (unpaired) electrons. The first kappa shape index (κ1) is 17.6. The van der Waals surface area contributed by atoms with Crippen LogP contribution in [0.25, 0.3) is 0 Å². The molecule has 0 N–H and O–H groups in total. The van der Waals surface area contributed by atoms with Gasteiger partial charge < -0.3 is 0 Å². The van der Waals surface area contributed by atoms with E-state index < -0.39 is 5.92 Å². The summed E-state index contributed by atoms with van der Waals surface area (Å²) < 4.78 is 0. The van der Waals surface area contributed by atoms with Gasteiger partial charge in [0.2, 0.25) is 0 Å².